The zero-order chi connectivity index (χ0) is 16.5. The Morgan fingerprint density at radius 2 is 1.96 bits per heavy atom. The molecule has 0 bridgehead atoms. The quantitative estimate of drug-likeness (QED) is 0.622. The number of halogens is 1. The lowest BCUT2D eigenvalue weighted by atomic mass is 9.94. The SMILES string of the molecule is CCNC(=NCc1ccc(F)cc1)NCC1(OC)CCOCC1. The van der Waals surface area contributed by atoms with Gasteiger partial charge in [0.25, 0.3) is 0 Å². The second-order valence-corrected chi connectivity index (χ2v) is 5.67. The highest BCUT2D eigenvalue weighted by Gasteiger charge is 2.32. The topological polar surface area (TPSA) is 54.9 Å². The Kier molecular flexibility index (Phi) is 6.80. The van der Waals surface area contributed by atoms with Gasteiger partial charge in [0.2, 0.25) is 0 Å². The minimum Gasteiger partial charge on any atom is -0.381 e. The maximum atomic E-state index is 12.9. The van der Waals surface area contributed by atoms with Crippen LogP contribution in [-0.2, 0) is 16.0 Å². The number of hydrogen-bond acceptors (Lipinski definition) is 3. The van der Waals surface area contributed by atoms with Gasteiger partial charge in [-0.15, -0.1) is 0 Å². The summed E-state index contributed by atoms with van der Waals surface area (Å²) in [5.74, 6) is 0.504. The number of ether oxygens (including phenoxy) is 2. The summed E-state index contributed by atoms with van der Waals surface area (Å²) < 4.78 is 24.1. The zero-order valence-corrected chi connectivity index (χ0v) is 13.9. The molecule has 0 spiro atoms. The van der Waals surface area contributed by atoms with Crippen LogP contribution in [0.25, 0.3) is 0 Å². The summed E-state index contributed by atoms with van der Waals surface area (Å²) in [4.78, 5) is 4.55. The molecule has 23 heavy (non-hydrogen) atoms. The summed E-state index contributed by atoms with van der Waals surface area (Å²) >= 11 is 0. The monoisotopic (exact) mass is 323 g/mol. The lowest BCUT2D eigenvalue weighted by Crippen LogP contribution is -2.50. The minimum atomic E-state index is -0.232. The number of rotatable bonds is 6. The van der Waals surface area contributed by atoms with Crippen LogP contribution in [0.15, 0.2) is 29.3 Å². The standard InChI is InChI=1S/C17H26FN3O2/c1-3-19-16(20-12-14-4-6-15(18)7-5-14)21-13-17(22-2)8-10-23-11-9-17/h4-7H,3,8-13H2,1-2H3,(H2,19,20,21). The van der Waals surface area contributed by atoms with Crippen molar-refractivity contribution in [2.24, 2.45) is 4.99 Å². The highest BCUT2D eigenvalue weighted by Crippen LogP contribution is 2.23. The molecule has 1 aromatic carbocycles. The molecule has 0 radical (unpaired) electrons. The van der Waals surface area contributed by atoms with Crippen LogP contribution in [0.4, 0.5) is 4.39 Å². The second-order valence-electron chi connectivity index (χ2n) is 5.67. The predicted octanol–water partition coefficient (Wildman–Crippen LogP) is 2.08. The predicted molar refractivity (Wildman–Crippen MR) is 89.0 cm³/mol. The summed E-state index contributed by atoms with van der Waals surface area (Å²) in [5, 5.41) is 6.57. The summed E-state index contributed by atoms with van der Waals surface area (Å²) in [6, 6.07) is 6.40. The third-order valence-electron chi connectivity index (χ3n) is 4.09. The lowest BCUT2D eigenvalue weighted by Gasteiger charge is -2.36. The summed E-state index contributed by atoms with van der Waals surface area (Å²) in [5.41, 5.74) is 0.765. The molecular formula is C17H26FN3O2. The maximum Gasteiger partial charge on any atom is 0.191 e. The van der Waals surface area contributed by atoms with Gasteiger partial charge >= 0.3 is 0 Å². The summed E-state index contributed by atoms with van der Waals surface area (Å²) in [6.45, 7) is 5.42. The largest absolute Gasteiger partial charge is 0.381 e. The molecule has 1 aromatic rings. The Balaban J connectivity index is 1.94. The first-order valence-electron chi connectivity index (χ1n) is 8.07. The fraction of sp³-hybridized carbons (Fsp3) is 0.588. The van der Waals surface area contributed by atoms with Crippen molar-refractivity contribution in [3.05, 3.63) is 35.6 Å². The first-order chi connectivity index (χ1) is 11.2. The maximum absolute atomic E-state index is 12.9. The molecule has 1 aliphatic rings. The Bertz CT molecular complexity index is 499. The van der Waals surface area contributed by atoms with Gasteiger partial charge in [-0.3, -0.25) is 0 Å². The third kappa shape index (κ3) is 5.48. The van der Waals surface area contributed by atoms with Crippen molar-refractivity contribution < 1.29 is 13.9 Å². The van der Waals surface area contributed by atoms with E-state index in [4.69, 9.17) is 9.47 Å². The van der Waals surface area contributed by atoms with E-state index >= 15 is 0 Å². The van der Waals surface area contributed by atoms with Crippen LogP contribution < -0.4 is 10.6 Å². The zero-order valence-electron chi connectivity index (χ0n) is 13.9. The van der Waals surface area contributed by atoms with Crippen molar-refractivity contribution in [2.75, 3.05) is 33.4 Å². The number of hydrogen-bond donors (Lipinski definition) is 2. The Morgan fingerprint density at radius 3 is 2.57 bits per heavy atom. The second kappa shape index (κ2) is 8.84. The van der Waals surface area contributed by atoms with Crippen LogP contribution in [0.5, 0.6) is 0 Å². The molecule has 1 aliphatic heterocycles. The van der Waals surface area contributed by atoms with Gasteiger partial charge in [0.05, 0.1) is 12.1 Å². The molecule has 2 rings (SSSR count). The molecule has 2 N–H and O–H groups in total. The average molecular weight is 323 g/mol. The van der Waals surface area contributed by atoms with Gasteiger partial charge in [-0.05, 0) is 24.6 Å². The highest BCUT2D eigenvalue weighted by atomic mass is 19.1. The fourth-order valence-corrected chi connectivity index (χ4v) is 2.54. The molecule has 1 saturated heterocycles. The van der Waals surface area contributed by atoms with Crippen LogP contribution in [0.1, 0.15) is 25.3 Å². The van der Waals surface area contributed by atoms with E-state index in [1.807, 2.05) is 6.92 Å². The molecule has 0 unspecified atom stereocenters. The molecule has 128 valence electrons. The molecule has 0 aliphatic carbocycles. The molecule has 0 saturated carbocycles. The Hall–Kier alpha value is -1.66. The number of nitrogens with one attached hydrogen (secondary N) is 2. The first-order valence-corrected chi connectivity index (χ1v) is 8.07. The van der Waals surface area contributed by atoms with E-state index < -0.39 is 0 Å². The van der Waals surface area contributed by atoms with Gasteiger partial charge in [-0.1, -0.05) is 12.1 Å². The molecular weight excluding hydrogens is 297 g/mol. The van der Waals surface area contributed by atoms with E-state index in [1.54, 1.807) is 19.2 Å². The lowest BCUT2D eigenvalue weighted by molar-refractivity contribution is -0.0855. The van der Waals surface area contributed by atoms with E-state index in [9.17, 15) is 4.39 Å². The minimum absolute atomic E-state index is 0.204. The molecule has 1 heterocycles. The van der Waals surface area contributed by atoms with E-state index in [0.29, 0.717) is 13.1 Å². The van der Waals surface area contributed by atoms with Crippen molar-refractivity contribution in [1.82, 2.24) is 10.6 Å². The molecule has 1 fully saturated rings. The number of aliphatic imine (C=N–C) groups is 1. The van der Waals surface area contributed by atoms with E-state index in [1.165, 1.54) is 12.1 Å². The Labute approximate surface area is 137 Å². The summed E-state index contributed by atoms with van der Waals surface area (Å²) in [7, 11) is 1.75. The number of methoxy groups -OCH3 is 1. The van der Waals surface area contributed by atoms with Crippen LogP contribution >= 0.6 is 0 Å². The first kappa shape index (κ1) is 17.7. The van der Waals surface area contributed by atoms with Gasteiger partial charge < -0.3 is 20.1 Å². The van der Waals surface area contributed by atoms with Crippen molar-refractivity contribution in [1.29, 1.82) is 0 Å². The number of nitrogens with zero attached hydrogens (tertiary/aromatic N) is 1. The van der Waals surface area contributed by atoms with Gasteiger partial charge in [0.1, 0.15) is 5.82 Å². The van der Waals surface area contributed by atoms with Gasteiger partial charge in [0.15, 0.2) is 5.96 Å². The van der Waals surface area contributed by atoms with Crippen molar-refractivity contribution >= 4 is 5.96 Å². The number of benzene rings is 1. The normalized spacial score (nSPS) is 17.8. The van der Waals surface area contributed by atoms with Crippen molar-refractivity contribution in [2.45, 2.75) is 31.9 Å². The average Bonchev–Trinajstić information content (AvgIpc) is 2.59. The van der Waals surface area contributed by atoms with Crippen LogP contribution in [0.3, 0.4) is 0 Å². The fourth-order valence-electron chi connectivity index (χ4n) is 2.54. The molecule has 6 heteroatoms. The van der Waals surface area contributed by atoms with E-state index in [2.05, 4.69) is 15.6 Å². The van der Waals surface area contributed by atoms with Crippen molar-refractivity contribution in [3.8, 4) is 0 Å². The van der Waals surface area contributed by atoms with Crippen LogP contribution in [0.2, 0.25) is 0 Å². The summed E-state index contributed by atoms with van der Waals surface area (Å²) in [6.07, 6.45) is 1.74. The van der Waals surface area contributed by atoms with Gasteiger partial charge in [0, 0.05) is 46.3 Å². The van der Waals surface area contributed by atoms with Gasteiger partial charge in [-0.2, -0.15) is 0 Å². The van der Waals surface area contributed by atoms with E-state index in [0.717, 1.165) is 44.1 Å². The number of guanidine groups is 1. The highest BCUT2D eigenvalue weighted by molar-refractivity contribution is 5.79. The van der Waals surface area contributed by atoms with Gasteiger partial charge in [-0.25, -0.2) is 9.38 Å². The molecule has 5 nitrogen and oxygen atoms in total. The van der Waals surface area contributed by atoms with Crippen LogP contribution in [0, 0.1) is 5.82 Å². The van der Waals surface area contributed by atoms with Crippen LogP contribution in [-0.4, -0.2) is 45.0 Å². The molecule has 0 amide bonds. The Morgan fingerprint density at radius 1 is 1.26 bits per heavy atom. The van der Waals surface area contributed by atoms with E-state index in [-0.39, 0.29) is 11.4 Å². The molecule has 0 atom stereocenters. The smallest absolute Gasteiger partial charge is 0.191 e. The van der Waals surface area contributed by atoms with Crippen molar-refractivity contribution in [3.63, 3.8) is 0 Å². The molecule has 0 aromatic heterocycles. The third-order valence-corrected chi connectivity index (χ3v) is 4.09.